The molecular weight excluding hydrogens is 282 g/mol. The number of aliphatic hydroxyl groups is 1. The quantitative estimate of drug-likeness (QED) is 0.810. The van der Waals surface area contributed by atoms with Gasteiger partial charge in [-0.1, -0.05) is 0 Å². The van der Waals surface area contributed by atoms with Crippen molar-refractivity contribution in [3.8, 4) is 0 Å². The second-order valence-corrected chi connectivity index (χ2v) is 6.67. The highest BCUT2D eigenvalue weighted by Crippen LogP contribution is 2.39. The molecule has 4 rings (SSSR count). The minimum absolute atomic E-state index is 0.0506. The fourth-order valence-corrected chi connectivity index (χ4v) is 3.58. The number of likely N-dealkylation sites (tertiary alicyclic amines) is 1. The van der Waals surface area contributed by atoms with Gasteiger partial charge in [0, 0.05) is 43.5 Å². The van der Waals surface area contributed by atoms with Crippen LogP contribution in [0.15, 0.2) is 18.5 Å². The van der Waals surface area contributed by atoms with E-state index in [9.17, 15) is 9.90 Å². The number of H-pyrrole nitrogens is 1. The number of aromatic amines is 1. The molecule has 1 atom stereocenters. The van der Waals surface area contributed by atoms with Crippen LogP contribution in [0.2, 0.25) is 0 Å². The van der Waals surface area contributed by atoms with Crippen molar-refractivity contribution in [1.29, 1.82) is 0 Å². The Labute approximate surface area is 129 Å². The number of carbonyl (C=O) groups excluding carboxylic acids is 1. The highest BCUT2D eigenvalue weighted by Gasteiger charge is 2.42. The van der Waals surface area contributed by atoms with E-state index in [-0.39, 0.29) is 5.91 Å². The molecule has 22 heavy (non-hydrogen) atoms. The first-order valence-electron chi connectivity index (χ1n) is 7.76. The number of hydrogen-bond acceptors (Lipinski definition) is 4. The van der Waals surface area contributed by atoms with Crippen LogP contribution in [-0.4, -0.2) is 59.1 Å². The van der Waals surface area contributed by atoms with E-state index in [4.69, 9.17) is 4.74 Å². The van der Waals surface area contributed by atoms with Crippen molar-refractivity contribution < 1.29 is 14.6 Å². The highest BCUT2D eigenvalue weighted by atomic mass is 16.5. The van der Waals surface area contributed by atoms with Crippen molar-refractivity contribution in [3.05, 3.63) is 29.7 Å². The van der Waals surface area contributed by atoms with Crippen LogP contribution >= 0.6 is 0 Å². The van der Waals surface area contributed by atoms with Gasteiger partial charge in [-0.3, -0.25) is 4.79 Å². The maximum atomic E-state index is 12.9. The SMILES string of the molecule is CN1C=C(C(=O)N2CCC3(CC2)COC3)c2cc[nH]c2C1O. The minimum atomic E-state index is -0.724. The molecule has 0 aromatic carbocycles. The van der Waals surface area contributed by atoms with Crippen molar-refractivity contribution >= 4 is 11.5 Å². The van der Waals surface area contributed by atoms with Crippen LogP contribution in [0.3, 0.4) is 0 Å². The molecule has 0 bridgehead atoms. The summed E-state index contributed by atoms with van der Waals surface area (Å²) in [5.74, 6) is 0.0506. The molecule has 3 aliphatic heterocycles. The van der Waals surface area contributed by atoms with Gasteiger partial charge >= 0.3 is 0 Å². The Balaban J connectivity index is 1.54. The summed E-state index contributed by atoms with van der Waals surface area (Å²) < 4.78 is 5.34. The predicted molar refractivity (Wildman–Crippen MR) is 80.6 cm³/mol. The van der Waals surface area contributed by atoms with Crippen LogP contribution in [0.4, 0.5) is 0 Å². The molecule has 1 aromatic heterocycles. The number of aliphatic hydroxyl groups excluding tert-OH is 1. The molecule has 6 nitrogen and oxygen atoms in total. The molecular formula is C16H21N3O3. The number of nitrogens with zero attached hydrogens (tertiary/aromatic N) is 2. The average Bonchev–Trinajstić information content (AvgIpc) is 2.98. The topological polar surface area (TPSA) is 68.8 Å². The molecule has 1 spiro atoms. The van der Waals surface area contributed by atoms with Crippen molar-refractivity contribution in [1.82, 2.24) is 14.8 Å². The van der Waals surface area contributed by atoms with Crippen LogP contribution in [0, 0.1) is 5.41 Å². The van der Waals surface area contributed by atoms with Crippen molar-refractivity contribution in [2.75, 3.05) is 33.4 Å². The van der Waals surface area contributed by atoms with E-state index in [0.29, 0.717) is 16.7 Å². The number of ether oxygens (including phenoxy) is 1. The fourth-order valence-electron chi connectivity index (χ4n) is 3.58. The molecule has 0 aliphatic carbocycles. The summed E-state index contributed by atoms with van der Waals surface area (Å²) in [5, 5.41) is 10.1. The average molecular weight is 303 g/mol. The molecule has 1 aromatic rings. The third-order valence-electron chi connectivity index (χ3n) is 5.20. The number of aromatic nitrogens is 1. The lowest BCUT2D eigenvalue weighted by Gasteiger charge is -2.47. The minimum Gasteiger partial charge on any atom is -0.380 e. The Kier molecular flexibility index (Phi) is 3.06. The molecule has 0 saturated carbocycles. The van der Waals surface area contributed by atoms with E-state index < -0.39 is 6.23 Å². The van der Waals surface area contributed by atoms with Gasteiger partial charge in [-0.05, 0) is 18.9 Å². The van der Waals surface area contributed by atoms with Gasteiger partial charge in [-0.15, -0.1) is 0 Å². The van der Waals surface area contributed by atoms with Crippen LogP contribution in [0.25, 0.3) is 5.57 Å². The van der Waals surface area contributed by atoms with E-state index in [0.717, 1.165) is 44.7 Å². The predicted octanol–water partition coefficient (Wildman–Crippen LogP) is 0.931. The molecule has 1 unspecified atom stereocenters. The van der Waals surface area contributed by atoms with E-state index in [1.807, 2.05) is 11.0 Å². The summed E-state index contributed by atoms with van der Waals surface area (Å²) in [5.41, 5.74) is 2.48. The fraction of sp³-hybridized carbons (Fsp3) is 0.562. The molecule has 2 N–H and O–H groups in total. The van der Waals surface area contributed by atoms with Crippen molar-refractivity contribution in [3.63, 3.8) is 0 Å². The third-order valence-corrected chi connectivity index (χ3v) is 5.20. The number of hydrogen-bond donors (Lipinski definition) is 2. The maximum absolute atomic E-state index is 12.9. The smallest absolute Gasteiger partial charge is 0.256 e. The number of amides is 1. The van der Waals surface area contributed by atoms with Gasteiger partial charge in [0.2, 0.25) is 0 Å². The van der Waals surface area contributed by atoms with Gasteiger partial charge in [0.1, 0.15) is 0 Å². The van der Waals surface area contributed by atoms with E-state index >= 15 is 0 Å². The molecule has 0 radical (unpaired) electrons. The van der Waals surface area contributed by atoms with E-state index in [1.54, 1.807) is 24.3 Å². The Morgan fingerprint density at radius 2 is 2.14 bits per heavy atom. The first-order valence-corrected chi connectivity index (χ1v) is 7.76. The number of carbonyl (C=O) groups is 1. The summed E-state index contributed by atoms with van der Waals surface area (Å²) in [6, 6.07) is 1.86. The monoisotopic (exact) mass is 303 g/mol. The largest absolute Gasteiger partial charge is 0.380 e. The highest BCUT2D eigenvalue weighted by molar-refractivity contribution is 6.20. The molecule has 4 heterocycles. The summed E-state index contributed by atoms with van der Waals surface area (Å²) >= 11 is 0. The molecule has 6 heteroatoms. The van der Waals surface area contributed by atoms with Crippen LogP contribution < -0.4 is 0 Å². The molecule has 1 amide bonds. The molecule has 2 saturated heterocycles. The van der Waals surface area contributed by atoms with Crippen molar-refractivity contribution in [2.24, 2.45) is 5.41 Å². The summed E-state index contributed by atoms with van der Waals surface area (Å²) in [6.45, 7) is 3.25. The zero-order valence-electron chi connectivity index (χ0n) is 12.7. The van der Waals surface area contributed by atoms with Gasteiger partial charge in [-0.25, -0.2) is 0 Å². The second kappa shape index (κ2) is 4.86. The lowest BCUT2D eigenvalue weighted by atomic mass is 9.76. The lowest BCUT2D eigenvalue weighted by molar-refractivity contribution is -0.149. The van der Waals surface area contributed by atoms with E-state index in [1.165, 1.54) is 0 Å². The standard InChI is InChI=1S/C16H21N3O3/c1-18-8-12(11-2-5-17-13(11)15(18)21)14(20)19-6-3-16(4-7-19)9-22-10-16/h2,5,8,15,17,21H,3-4,6-7,9-10H2,1H3. The van der Waals surface area contributed by atoms with Gasteiger partial charge in [0.25, 0.3) is 5.91 Å². The maximum Gasteiger partial charge on any atom is 0.256 e. The Morgan fingerprint density at radius 1 is 1.41 bits per heavy atom. The summed E-state index contributed by atoms with van der Waals surface area (Å²) in [4.78, 5) is 19.5. The third kappa shape index (κ3) is 1.98. The van der Waals surface area contributed by atoms with Gasteiger partial charge in [0.15, 0.2) is 6.23 Å². The second-order valence-electron chi connectivity index (χ2n) is 6.67. The zero-order valence-corrected chi connectivity index (χ0v) is 12.7. The Hall–Kier alpha value is -1.79. The number of nitrogens with one attached hydrogen (secondary N) is 1. The van der Waals surface area contributed by atoms with Gasteiger partial charge in [0.05, 0.1) is 24.5 Å². The molecule has 2 fully saturated rings. The first kappa shape index (κ1) is 13.8. The normalized spacial score (nSPS) is 26.5. The summed E-state index contributed by atoms with van der Waals surface area (Å²) in [6.07, 6.45) is 4.83. The number of piperidine rings is 1. The molecule has 3 aliphatic rings. The summed E-state index contributed by atoms with van der Waals surface area (Å²) in [7, 11) is 1.78. The number of rotatable bonds is 1. The Morgan fingerprint density at radius 3 is 2.77 bits per heavy atom. The van der Waals surface area contributed by atoms with Gasteiger partial charge in [-0.2, -0.15) is 0 Å². The van der Waals surface area contributed by atoms with Crippen molar-refractivity contribution in [2.45, 2.75) is 19.1 Å². The van der Waals surface area contributed by atoms with E-state index in [2.05, 4.69) is 4.98 Å². The molecule has 118 valence electrons. The van der Waals surface area contributed by atoms with Crippen LogP contribution in [0.1, 0.15) is 30.3 Å². The Bertz CT molecular complexity index is 622. The number of fused-ring (bicyclic) bond motifs is 1. The zero-order chi connectivity index (χ0) is 15.3. The van der Waals surface area contributed by atoms with Crippen LogP contribution in [-0.2, 0) is 9.53 Å². The van der Waals surface area contributed by atoms with Gasteiger partial charge < -0.3 is 24.6 Å². The van der Waals surface area contributed by atoms with Crippen LogP contribution in [0.5, 0.6) is 0 Å². The first-order chi connectivity index (χ1) is 10.6. The lowest BCUT2D eigenvalue weighted by Crippen LogP contribution is -2.52.